The van der Waals surface area contributed by atoms with Gasteiger partial charge in [-0.3, -0.25) is 19.7 Å². The summed E-state index contributed by atoms with van der Waals surface area (Å²) in [6.07, 6.45) is 2.67. The summed E-state index contributed by atoms with van der Waals surface area (Å²) in [6.45, 7) is 2.32. The molecule has 2 unspecified atom stereocenters. The minimum absolute atomic E-state index is 0.118. The first-order chi connectivity index (χ1) is 13.5. The molecule has 2 aromatic carbocycles. The summed E-state index contributed by atoms with van der Waals surface area (Å²) in [5.41, 5.74) is 1.19. The molecule has 0 spiro atoms. The highest BCUT2D eigenvalue weighted by Gasteiger charge is 2.32. The van der Waals surface area contributed by atoms with E-state index in [2.05, 4.69) is 17.4 Å². The van der Waals surface area contributed by atoms with Gasteiger partial charge in [0.15, 0.2) is 0 Å². The minimum atomic E-state index is -0.705. The molecular weight excluding hydrogens is 358 g/mol. The number of likely N-dealkylation sites (tertiary alicyclic amines) is 1. The number of benzene rings is 2. The zero-order chi connectivity index (χ0) is 20.1. The molecule has 1 aliphatic rings. The van der Waals surface area contributed by atoms with Crippen LogP contribution in [0.2, 0.25) is 0 Å². The Labute approximate surface area is 163 Å². The molecule has 2 amide bonds. The molecule has 0 radical (unpaired) electrons. The monoisotopic (exact) mass is 381 g/mol. The Morgan fingerprint density at radius 2 is 1.96 bits per heavy atom. The molecule has 0 saturated carbocycles. The Balaban J connectivity index is 1.64. The molecule has 0 aromatic heterocycles. The van der Waals surface area contributed by atoms with Crippen molar-refractivity contribution in [2.75, 3.05) is 6.54 Å². The van der Waals surface area contributed by atoms with E-state index in [1.165, 1.54) is 29.8 Å². The average Bonchev–Trinajstić information content (AvgIpc) is 3.16. The topological polar surface area (TPSA) is 92.5 Å². The summed E-state index contributed by atoms with van der Waals surface area (Å²) in [4.78, 5) is 37.5. The van der Waals surface area contributed by atoms with Gasteiger partial charge in [-0.05, 0) is 37.8 Å². The van der Waals surface area contributed by atoms with Gasteiger partial charge in [0, 0.05) is 30.3 Å². The summed E-state index contributed by atoms with van der Waals surface area (Å²) in [6, 6.07) is 14.9. The fourth-order valence-electron chi connectivity index (χ4n) is 3.58. The molecule has 1 aliphatic heterocycles. The van der Waals surface area contributed by atoms with E-state index >= 15 is 0 Å². The van der Waals surface area contributed by atoms with Crippen LogP contribution in [0.5, 0.6) is 0 Å². The van der Waals surface area contributed by atoms with E-state index in [0.29, 0.717) is 6.54 Å². The van der Waals surface area contributed by atoms with E-state index in [0.717, 1.165) is 19.3 Å². The van der Waals surface area contributed by atoms with Crippen LogP contribution in [0, 0.1) is 10.1 Å². The van der Waals surface area contributed by atoms with Crippen molar-refractivity contribution in [2.45, 2.75) is 38.3 Å². The third kappa shape index (κ3) is 4.54. The molecule has 0 bridgehead atoms. The van der Waals surface area contributed by atoms with Crippen molar-refractivity contribution in [1.82, 2.24) is 10.2 Å². The number of nitro groups is 1. The van der Waals surface area contributed by atoms with Crippen LogP contribution >= 0.6 is 0 Å². The van der Waals surface area contributed by atoms with Crippen LogP contribution in [0.4, 0.5) is 5.69 Å². The Morgan fingerprint density at radius 3 is 2.68 bits per heavy atom. The number of nitro benzene ring substituents is 1. The van der Waals surface area contributed by atoms with Gasteiger partial charge in [0.2, 0.25) is 5.91 Å². The molecule has 1 saturated heterocycles. The van der Waals surface area contributed by atoms with Gasteiger partial charge in [0.1, 0.15) is 6.04 Å². The van der Waals surface area contributed by atoms with Crippen LogP contribution in [0.15, 0.2) is 54.6 Å². The maximum Gasteiger partial charge on any atom is 0.270 e. The van der Waals surface area contributed by atoms with Crippen molar-refractivity contribution in [3.63, 3.8) is 0 Å². The largest absolute Gasteiger partial charge is 0.341 e. The summed E-state index contributed by atoms with van der Waals surface area (Å²) in [5, 5.41) is 13.5. The highest BCUT2D eigenvalue weighted by molar-refractivity contribution is 5.98. The molecule has 2 aromatic rings. The number of nitrogens with one attached hydrogen (secondary N) is 1. The van der Waals surface area contributed by atoms with Crippen LogP contribution in [0.3, 0.4) is 0 Å². The van der Waals surface area contributed by atoms with E-state index < -0.39 is 16.9 Å². The standard InChI is InChI=1S/C21H23N3O4/c1-15(22-20(25)17-9-5-10-19(14-17)24(27)28)21(26)23-12-6-11-18(23)13-16-7-3-2-4-8-16/h2-5,7-10,14-15,18H,6,11-13H2,1H3,(H,22,25). The minimum Gasteiger partial charge on any atom is -0.341 e. The molecule has 2 atom stereocenters. The highest BCUT2D eigenvalue weighted by Crippen LogP contribution is 2.22. The number of hydrogen-bond donors (Lipinski definition) is 1. The Hall–Kier alpha value is -3.22. The molecule has 0 aliphatic carbocycles. The number of amides is 2. The van der Waals surface area contributed by atoms with Crippen LogP contribution in [-0.2, 0) is 11.2 Å². The smallest absolute Gasteiger partial charge is 0.270 e. The summed E-state index contributed by atoms with van der Waals surface area (Å²) >= 11 is 0. The maximum absolute atomic E-state index is 12.9. The Bertz CT molecular complexity index is 869. The van der Waals surface area contributed by atoms with E-state index in [9.17, 15) is 19.7 Å². The number of carbonyl (C=O) groups excluding carboxylic acids is 2. The molecule has 3 rings (SSSR count). The first kappa shape index (κ1) is 19.5. The summed E-state index contributed by atoms with van der Waals surface area (Å²) < 4.78 is 0. The van der Waals surface area contributed by atoms with Crippen molar-refractivity contribution in [2.24, 2.45) is 0 Å². The Kier molecular flexibility index (Phi) is 6.03. The zero-order valence-electron chi connectivity index (χ0n) is 15.7. The maximum atomic E-state index is 12.9. The third-order valence-electron chi connectivity index (χ3n) is 5.01. The van der Waals surface area contributed by atoms with Crippen molar-refractivity contribution in [3.8, 4) is 0 Å². The summed E-state index contributed by atoms with van der Waals surface area (Å²) in [7, 11) is 0. The molecule has 1 heterocycles. The summed E-state index contributed by atoms with van der Waals surface area (Å²) in [5.74, 6) is -0.624. The van der Waals surface area contributed by atoms with Gasteiger partial charge in [0.25, 0.3) is 11.6 Å². The first-order valence-corrected chi connectivity index (χ1v) is 9.35. The van der Waals surface area contributed by atoms with Crippen molar-refractivity contribution >= 4 is 17.5 Å². The zero-order valence-corrected chi connectivity index (χ0v) is 15.7. The first-order valence-electron chi connectivity index (χ1n) is 9.35. The lowest BCUT2D eigenvalue weighted by molar-refractivity contribution is -0.384. The predicted molar refractivity (Wildman–Crippen MR) is 105 cm³/mol. The van der Waals surface area contributed by atoms with Crippen molar-refractivity contribution < 1.29 is 14.5 Å². The third-order valence-corrected chi connectivity index (χ3v) is 5.01. The van der Waals surface area contributed by atoms with Gasteiger partial charge in [0.05, 0.1) is 4.92 Å². The average molecular weight is 381 g/mol. The predicted octanol–water partition coefficient (Wildman–Crippen LogP) is 2.95. The van der Waals surface area contributed by atoms with E-state index in [-0.39, 0.29) is 23.2 Å². The lowest BCUT2D eigenvalue weighted by Crippen LogP contribution is -2.49. The molecule has 7 heteroatoms. The van der Waals surface area contributed by atoms with Crippen LogP contribution < -0.4 is 5.32 Å². The molecule has 1 N–H and O–H groups in total. The van der Waals surface area contributed by atoms with Crippen LogP contribution in [0.1, 0.15) is 35.7 Å². The second kappa shape index (κ2) is 8.65. The van der Waals surface area contributed by atoms with Crippen LogP contribution in [0.25, 0.3) is 0 Å². The molecule has 1 fully saturated rings. The van der Waals surface area contributed by atoms with Crippen LogP contribution in [-0.4, -0.2) is 40.3 Å². The molecular formula is C21H23N3O4. The van der Waals surface area contributed by atoms with E-state index in [4.69, 9.17) is 0 Å². The number of non-ortho nitro benzene ring substituents is 1. The molecule has 7 nitrogen and oxygen atoms in total. The molecule has 28 heavy (non-hydrogen) atoms. The second-order valence-electron chi connectivity index (χ2n) is 7.02. The Morgan fingerprint density at radius 1 is 1.21 bits per heavy atom. The lowest BCUT2D eigenvalue weighted by Gasteiger charge is -2.28. The normalized spacial score (nSPS) is 17.2. The fourth-order valence-corrected chi connectivity index (χ4v) is 3.58. The fraction of sp³-hybridized carbons (Fsp3) is 0.333. The number of hydrogen-bond acceptors (Lipinski definition) is 4. The van der Waals surface area contributed by atoms with Gasteiger partial charge in [-0.1, -0.05) is 36.4 Å². The quantitative estimate of drug-likeness (QED) is 0.615. The molecule has 146 valence electrons. The van der Waals surface area contributed by atoms with E-state index in [1.807, 2.05) is 23.1 Å². The van der Waals surface area contributed by atoms with Gasteiger partial charge >= 0.3 is 0 Å². The van der Waals surface area contributed by atoms with E-state index in [1.54, 1.807) is 6.92 Å². The van der Waals surface area contributed by atoms with Gasteiger partial charge in [-0.2, -0.15) is 0 Å². The number of nitrogens with zero attached hydrogens (tertiary/aromatic N) is 2. The van der Waals surface area contributed by atoms with Crippen molar-refractivity contribution in [1.29, 1.82) is 0 Å². The number of rotatable bonds is 6. The van der Waals surface area contributed by atoms with Gasteiger partial charge in [-0.25, -0.2) is 0 Å². The SMILES string of the molecule is CC(NC(=O)c1cccc([N+](=O)[O-])c1)C(=O)N1CCCC1Cc1ccccc1. The second-order valence-corrected chi connectivity index (χ2v) is 7.02. The number of carbonyl (C=O) groups is 2. The van der Waals surface area contributed by atoms with Gasteiger partial charge < -0.3 is 10.2 Å². The highest BCUT2D eigenvalue weighted by atomic mass is 16.6. The van der Waals surface area contributed by atoms with Gasteiger partial charge in [-0.15, -0.1) is 0 Å². The van der Waals surface area contributed by atoms with Crippen molar-refractivity contribution in [3.05, 3.63) is 75.8 Å². The lowest BCUT2D eigenvalue weighted by atomic mass is 10.0.